The minimum atomic E-state index is 0.232. The maximum atomic E-state index is 5.41. The summed E-state index contributed by atoms with van der Waals surface area (Å²) in [6.07, 6.45) is 0. The molecule has 12 heavy (non-hydrogen) atoms. The van der Waals surface area contributed by atoms with Gasteiger partial charge >= 0.3 is 0 Å². The van der Waals surface area contributed by atoms with Crippen molar-refractivity contribution >= 4 is 17.4 Å². The summed E-state index contributed by atoms with van der Waals surface area (Å²) in [5.41, 5.74) is 6.25. The number of oxazole rings is 1. The number of aryl methyl sites for hydroxylation is 1. The van der Waals surface area contributed by atoms with Crippen LogP contribution in [0, 0.1) is 6.92 Å². The van der Waals surface area contributed by atoms with E-state index in [0.717, 1.165) is 16.3 Å². The molecule has 62 valence electrons. The lowest BCUT2D eigenvalue weighted by molar-refractivity contribution is 0.595. The van der Waals surface area contributed by atoms with Crippen LogP contribution in [0.2, 0.25) is 0 Å². The Morgan fingerprint density at radius 1 is 1.58 bits per heavy atom. The van der Waals surface area contributed by atoms with Crippen LogP contribution >= 0.6 is 11.3 Å². The number of nitrogens with zero attached hydrogens (tertiary/aromatic N) is 1. The number of nitrogens with two attached hydrogens (primary N) is 1. The SMILES string of the molecule is Cc1nc(N)oc1-c1cccs1. The highest BCUT2D eigenvalue weighted by Gasteiger charge is 2.09. The summed E-state index contributed by atoms with van der Waals surface area (Å²) in [7, 11) is 0. The van der Waals surface area contributed by atoms with Gasteiger partial charge in [-0.3, -0.25) is 0 Å². The van der Waals surface area contributed by atoms with Crippen LogP contribution in [0.25, 0.3) is 10.6 Å². The molecule has 2 heterocycles. The van der Waals surface area contributed by atoms with Gasteiger partial charge < -0.3 is 10.2 Å². The van der Waals surface area contributed by atoms with Crippen LogP contribution in [0.1, 0.15) is 5.69 Å². The standard InChI is InChI=1S/C8H8N2OS/c1-5-7(11-8(9)10-5)6-3-2-4-12-6/h2-4H,1H3,(H2,9,10). The zero-order valence-corrected chi connectivity index (χ0v) is 7.39. The smallest absolute Gasteiger partial charge is 0.292 e. The Morgan fingerprint density at radius 2 is 2.42 bits per heavy atom. The monoisotopic (exact) mass is 180 g/mol. The molecule has 0 unspecified atom stereocenters. The van der Waals surface area contributed by atoms with E-state index >= 15 is 0 Å². The van der Waals surface area contributed by atoms with E-state index in [4.69, 9.17) is 10.2 Å². The number of thiophene rings is 1. The van der Waals surface area contributed by atoms with Gasteiger partial charge in [-0.25, -0.2) is 0 Å². The molecule has 3 nitrogen and oxygen atoms in total. The summed E-state index contributed by atoms with van der Waals surface area (Å²) in [6, 6.07) is 4.19. The summed E-state index contributed by atoms with van der Waals surface area (Å²) in [5, 5.41) is 1.99. The summed E-state index contributed by atoms with van der Waals surface area (Å²) in [6.45, 7) is 1.88. The van der Waals surface area contributed by atoms with Crippen molar-refractivity contribution in [3.63, 3.8) is 0 Å². The quantitative estimate of drug-likeness (QED) is 0.732. The van der Waals surface area contributed by atoms with E-state index in [1.54, 1.807) is 11.3 Å². The molecule has 0 spiro atoms. The Bertz CT molecular complexity index is 378. The van der Waals surface area contributed by atoms with Crippen molar-refractivity contribution < 1.29 is 4.42 Å². The summed E-state index contributed by atoms with van der Waals surface area (Å²) >= 11 is 1.61. The molecule has 0 saturated carbocycles. The minimum Gasteiger partial charge on any atom is -0.423 e. The van der Waals surface area contributed by atoms with Crippen molar-refractivity contribution in [1.29, 1.82) is 0 Å². The van der Waals surface area contributed by atoms with Crippen molar-refractivity contribution in [2.75, 3.05) is 5.73 Å². The number of nitrogen functional groups attached to an aromatic ring is 1. The van der Waals surface area contributed by atoms with Crippen LogP contribution < -0.4 is 5.73 Å². The Hall–Kier alpha value is -1.29. The second kappa shape index (κ2) is 2.64. The summed E-state index contributed by atoms with van der Waals surface area (Å²) in [4.78, 5) is 5.05. The van der Waals surface area contributed by atoms with Gasteiger partial charge in [0.2, 0.25) is 0 Å². The topological polar surface area (TPSA) is 52.0 Å². The molecule has 0 aliphatic rings. The molecule has 2 N–H and O–H groups in total. The Kier molecular flexibility index (Phi) is 1.62. The lowest BCUT2D eigenvalue weighted by Crippen LogP contribution is -1.81. The Balaban J connectivity index is 2.54. The molecule has 0 bridgehead atoms. The van der Waals surface area contributed by atoms with Crippen LogP contribution in [0.3, 0.4) is 0 Å². The van der Waals surface area contributed by atoms with E-state index in [1.807, 2.05) is 24.4 Å². The highest BCUT2D eigenvalue weighted by molar-refractivity contribution is 7.13. The first-order chi connectivity index (χ1) is 5.77. The fraction of sp³-hybridized carbons (Fsp3) is 0.125. The highest BCUT2D eigenvalue weighted by atomic mass is 32.1. The maximum absolute atomic E-state index is 5.41. The summed E-state index contributed by atoms with van der Waals surface area (Å²) < 4.78 is 5.24. The number of anilines is 1. The Morgan fingerprint density at radius 3 is 2.92 bits per heavy atom. The van der Waals surface area contributed by atoms with Gasteiger partial charge in [0.15, 0.2) is 5.76 Å². The molecule has 0 aliphatic carbocycles. The van der Waals surface area contributed by atoms with E-state index in [9.17, 15) is 0 Å². The van der Waals surface area contributed by atoms with Gasteiger partial charge in [-0.15, -0.1) is 11.3 Å². The van der Waals surface area contributed by atoms with Gasteiger partial charge in [0.25, 0.3) is 6.01 Å². The van der Waals surface area contributed by atoms with Crippen molar-refractivity contribution in [3.8, 4) is 10.6 Å². The van der Waals surface area contributed by atoms with Crippen LogP contribution in [-0.4, -0.2) is 4.98 Å². The minimum absolute atomic E-state index is 0.232. The zero-order valence-electron chi connectivity index (χ0n) is 6.57. The third kappa shape index (κ3) is 1.10. The third-order valence-electron chi connectivity index (χ3n) is 1.56. The molecule has 0 radical (unpaired) electrons. The Labute approximate surface area is 73.8 Å². The first kappa shape index (κ1) is 7.36. The lowest BCUT2D eigenvalue weighted by atomic mass is 10.3. The average molecular weight is 180 g/mol. The van der Waals surface area contributed by atoms with Gasteiger partial charge in [0.1, 0.15) is 0 Å². The van der Waals surface area contributed by atoms with Crippen molar-refractivity contribution in [1.82, 2.24) is 4.98 Å². The lowest BCUT2D eigenvalue weighted by Gasteiger charge is -1.88. The molecule has 2 aromatic rings. The van der Waals surface area contributed by atoms with Crippen molar-refractivity contribution in [2.24, 2.45) is 0 Å². The average Bonchev–Trinajstić information content (AvgIpc) is 2.58. The second-order valence-corrected chi connectivity index (χ2v) is 3.39. The molecule has 0 amide bonds. The first-order valence-corrected chi connectivity index (χ1v) is 4.42. The maximum Gasteiger partial charge on any atom is 0.292 e. The molecule has 0 atom stereocenters. The summed E-state index contributed by atoms with van der Waals surface area (Å²) in [5.74, 6) is 0.780. The van der Waals surface area contributed by atoms with E-state index in [1.165, 1.54) is 0 Å². The molecular weight excluding hydrogens is 172 g/mol. The molecule has 0 aromatic carbocycles. The number of hydrogen-bond donors (Lipinski definition) is 1. The fourth-order valence-electron chi connectivity index (χ4n) is 1.05. The number of rotatable bonds is 1. The number of hydrogen-bond acceptors (Lipinski definition) is 4. The van der Waals surface area contributed by atoms with Crippen LogP contribution in [0.15, 0.2) is 21.9 Å². The van der Waals surface area contributed by atoms with Gasteiger partial charge in [-0.1, -0.05) is 6.07 Å². The van der Waals surface area contributed by atoms with Crippen molar-refractivity contribution in [2.45, 2.75) is 6.92 Å². The number of aromatic nitrogens is 1. The van der Waals surface area contributed by atoms with Gasteiger partial charge in [0, 0.05) is 0 Å². The van der Waals surface area contributed by atoms with Gasteiger partial charge in [0.05, 0.1) is 10.6 Å². The van der Waals surface area contributed by atoms with Gasteiger partial charge in [-0.05, 0) is 18.4 Å². The van der Waals surface area contributed by atoms with Crippen LogP contribution in [0.4, 0.5) is 6.01 Å². The van der Waals surface area contributed by atoms with E-state index in [2.05, 4.69) is 4.98 Å². The predicted molar refractivity (Wildman–Crippen MR) is 49.0 cm³/mol. The molecule has 2 aromatic heterocycles. The van der Waals surface area contributed by atoms with Gasteiger partial charge in [-0.2, -0.15) is 4.98 Å². The van der Waals surface area contributed by atoms with Crippen LogP contribution in [-0.2, 0) is 0 Å². The molecule has 0 aliphatic heterocycles. The zero-order chi connectivity index (χ0) is 8.55. The molecular formula is C8H8N2OS. The fourth-order valence-corrected chi connectivity index (χ4v) is 1.81. The van der Waals surface area contributed by atoms with Crippen molar-refractivity contribution in [3.05, 3.63) is 23.2 Å². The van der Waals surface area contributed by atoms with E-state index < -0.39 is 0 Å². The van der Waals surface area contributed by atoms with Crippen LogP contribution in [0.5, 0.6) is 0 Å². The highest BCUT2D eigenvalue weighted by Crippen LogP contribution is 2.28. The molecule has 2 rings (SSSR count). The first-order valence-electron chi connectivity index (χ1n) is 3.54. The second-order valence-electron chi connectivity index (χ2n) is 2.44. The molecule has 4 heteroatoms. The predicted octanol–water partition coefficient (Wildman–Crippen LogP) is 2.29. The largest absolute Gasteiger partial charge is 0.423 e. The van der Waals surface area contributed by atoms with E-state index in [-0.39, 0.29) is 6.01 Å². The van der Waals surface area contributed by atoms with E-state index in [0.29, 0.717) is 0 Å². The third-order valence-corrected chi connectivity index (χ3v) is 2.43. The normalized spacial score (nSPS) is 10.4. The molecule has 0 fully saturated rings. The molecule has 0 saturated heterocycles.